The molecule has 1 fully saturated rings. The van der Waals surface area contributed by atoms with Crippen LogP contribution in [0.4, 0.5) is 10.1 Å². The number of fused-ring (bicyclic) bond motifs is 1. The number of rotatable bonds is 1. The molecule has 0 aromatic heterocycles. The van der Waals surface area contributed by atoms with E-state index in [2.05, 4.69) is 10.6 Å². The first-order valence-corrected chi connectivity index (χ1v) is 6.54. The van der Waals surface area contributed by atoms with Gasteiger partial charge in [-0.2, -0.15) is 0 Å². The summed E-state index contributed by atoms with van der Waals surface area (Å²) in [5, 5.41) is 6.16. The number of nitrogens with one attached hydrogen (secondary N) is 2. The SMILES string of the molecule is O=C1CC(C2CCNCC2)c2cc(F)ccc2N1. The van der Waals surface area contributed by atoms with Gasteiger partial charge in [-0.3, -0.25) is 4.79 Å². The maximum atomic E-state index is 13.4. The molecular formula is C14H17FN2O. The fourth-order valence-electron chi connectivity index (χ4n) is 3.13. The summed E-state index contributed by atoms with van der Waals surface area (Å²) in [6, 6.07) is 4.67. The molecule has 0 spiro atoms. The van der Waals surface area contributed by atoms with E-state index in [1.807, 2.05) is 0 Å². The summed E-state index contributed by atoms with van der Waals surface area (Å²) in [5.41, 5.74) is 1.76. The lowest BCUT2D eigenvalue weighted by Gasteiger charge is -2.34. The highest BCUT2D eigenvalue weighted by Crippen LogP contribution is 2.40. The molecule has 0 bridgehead atoms. The average molecular weight is 248 g/mol. The number of carbonyl (C=O) groups excluding carboxylic acids is 1. The normalized spacial score (nSPS) is 24.5. The molecule has 4 heteroatoms. The summed E-state index contributed by atoms with van der Waals surface area (Å²) >= 11 is 0. The van der Waals surface area contributed by atoms with E-state index in [0.717, 1.165) is 37.2 Å². The minimum Gasteiger partial charge on any atom is -0.326 e. The van der Waals surface area contributed by atoms with E-state index in [9.17, 15) is 9.18 Å². The number of hydrogen-bond donors (Lipinski definition) is 2. The fraction of sp³-hybridized carbons (Fsp3) is 0.500. The molecule has 0 radical (unpaired) electrons. The Balaban J connectivity index is 1.94. The van der Waals surface area contributed by atoms with Crippen LogP contribution in [-0.4, -0.2) is 19.0 Å². The van der Waals surface area contributed by atoms with Gasteiger partial charge in [0.05, 0.1) is 0 Å². The molecule has 1 atom stereocenters. The van der Waals surface area contributed by atoms with Gasteiger partial charge in [0, 0.05) is 12.1 Å². The van der Waals surface area contributed by atoms with Crippen molar-refractivity contribution in [3.8, 4) is 0 Å². The van der Waals surface area contributed by atoms with Crippen LogP contribution in [0.25, 0.3) is 0 Å². The minimum atomic E-state index is -0.219. The van der Waals surface area contributed by atoms with Crippen molar-refractivity contribution in [2.75, 3.05) is 18.4 Å². The van der Waals surface area contributed by atoms with Crippen molar-refractivity contribution in [3.63, 3.8) is 0 Å². The lowest BCUT2D eigenvalue weighted by Crippen LogP contribution is -2.34. The molecule has 0 aliphatic carbocycles. The van der Waals surface area contributed by atoms with Crippen LogP contribution in [0.15, 0.2) is 18.2 Å². The molecule has 0 saturated carbocycles. The van der Waals surface area contributed by atoms with Gasteiger partial charge < -0.3 is 10.6 Å². The Bertz CT molecular complexity index is 469. The zero-order valence-electron chi connectivity index (χ0n) is 10.2. The van der Waals surface area contributed by atoms with Gasteiger partial charge in [-0.05, 0) is 61.5 Å². The second kappa shape index (κ2) is 4.69. The number of hydrogen-bond acceptors (Lipinski definition) is 2. The lowest BCUT2D eigenvalue weighted by atomic mass is 9.76. The van der Waals surface area contributed by atoms with Crippen LogP contribution in [0.1, 0.15) is 30.7 Å². The van der Waals surface area contributed by atoms with E-state index in [1.54, 1.807) is 12.1 Å². The predicted octanol–water partition coefficient (Wildman–Crippen LogP) is 2.25. The number of halogens is 1. The van der Waals surface area contributed by atoms with Crippen LogP contribution in [0.2, 0.25) is 0 Å². The molecular weight excluding hydrogens is 231 g/mol. The molecule has 1 aromatic rings. The summed E-state index contributed by atoms with van der Waals surface area (Å²) in [6.07, 6.45) is 2.61. The fourth-order valence-corrected chi connectivity index (χ4v) is 3.13. The quantitative estimate of drug-likeness (QED) is 0.800. The first-order chi connectivity index (χ1) is 8.74. The highest BCUT2D eigenvalue weighted by molar-refractivity contribution is 5.94. The molecule has 3 rings (SSSR count). The number of piperidine rings is 1. The Morgan fingerprint density at radius 3 is 2.78 bits per heavy atom. The van der Waals surface area contributed by atoms with Gasteiger partial charge in [-0.1, -0.05) is 0 Å². The van der Waals surface area contributed by atoms with Gasteiger partial charge in [-0.25, -0.2) is 4.39 Å². The molecule has 1 saturated heterocycles. The van der Waals surface area contributed by atoms with E-state index in [1.165, 1.54) is 6.07 Å². The van der Waals surface area contributed by atoms with Crippen molar-refractivity contribution in [3.05, 3.63) is 29.6 Å². The maximum Gasteiger partial charge on any atom is 0.225 e. The monoisotopic (exact) mass is 248 g/mol. The third-order valence-electron chi connectivity index (χ3n) is 4.05. The lowest BCUT2D eigenvalue weighted by molar-refractivity contribution is -0.117. The van der Waals surface area contributed by atoms with Gasteiger partial charge in [0.25, 0.3) is 0 Å². The minimum absolute atomic E-state index is 0.0534. The summed E-state index contributed by atoms with van der Waals surface area (Å²) in [4.78, 5) is 11.7. The third-order valence-corrected chi connectivity index (χ3v) is 4.05. The molecule has 2 heterocycles. The van der Waals surface area contributed by atoms with Crippen LogP contribution in [0.5, 0.6) is 0 Å². The largest absolute Gasteiger partial charge is 0.326 e. The summed E-state index contributed by atoms with van der Waals surface area (Å²) in [7, 11) is 0. The Hall–Kier alpha value is -1.42. The molecule has 1 amide bonds. The molecule has 1 aromatic carbocycles. The number of carbonyl (C=O) groups is 1. The van der Waals surface area contributed by atoms with Gasteiger partial charge in [0.15, 0.2) is 0 Å². The molecule has 1 unspecified atom stereocenters. The van der Waals surface area contributed by atoms with Crippen molar-refractivity contribution < 1.29 is 9.18 Å². The van der Waals surface area contributed by atoms with Gasteiger partial charge >= 0.3 is 0 Å². The number of amides is 1. The second-order valence-corrected chi connectivity index (χ2v) is 5.18. The smallest absolute Gasteiger partial charge is 0.225 e. The zero-order valence-corrected chi connectivity index (χ0v) is 10.2. The highest BCUT2D eigenvalue weighted by Gasteiger charge is 2.32. The molecule has 96 valence electrons. The van der Waals surface area contributed by atoms with Gasteiger partial charge in [-0.15, -0.1) is 0 Å². The standard InChI is InChI=1S/C14H17FN2O/c15-10-1-2-13-12(7-10)11(8-14(18)17-13)9-3-5-16-6-4-9/h1-2,7,9,11,16H,3-6,8H2,(H,17,18). The van der Waals surface area contributed by atoms with Crippen molar-refractivity contribution in [2.45, 2.75) is 25.2 Å². The highest BCUT2D eigenvalue weighted by atomic mass is 19.1. The van der Waals surface area contributed by atoms with Crippen molar-refractivity contribution >= 4 is 11.6 Å². The van der Waals surface area contributed by atoms with E-state index in [4.69, 9.17) is 0 Å². The maximum absolute atomic E-state index is 13.4. The van der Waals surface area contributed by atoms with Crippen LogP contribution in [-0.2, 0) is 4.79 Å². The Kier molecular flexibility index (Phi) is 3.04. The van der Waals surface area contributed by atoms with E-state index in [0.29, 0.717) is 12.3 Å². The zero-order chi connectivity index (χ0) is 12.5. The molecule has 2 aliphatic heterocycles. The topological polar surface area (TPSA) is 41.1 Å². The summed E-state index contributed by atoms with van der Waals surface area (Å²) < 4.78 is 13.4. The molecule has 2 aliphatic rings. The molecule has 3 nitrogen and oxygen atoms in total. The second-order valence-electron chi connectivity index (χ2n) is 5.18. The summed E-state index contributed by atoms with van der Waals surface area (Å²) in [5.74, 6) is 0.492. The van der Waals surface area contributed by atoms with E-state index >= 15 is 0 Å². The van der Waals surface area contributed by atoms with Crippen molar-refractivity contribution in [2.24, 2.45) is 5.92 Å². The van der Waals surface area contributed by atoms with Crippen molar-refractivity contribution in [1.29, 1.82) is 0 Å². The number of benzene rings is 1. The Labute approximate surface area is 106 Å². The molecule has 18 heavy (non-hydrogen) atoms. The van der Waals surface area contributed by atoms with Crippen LogP contribution >= 0.6 is 0 Å². The molecule has 2 N–H and O–H groups in total. The van der Waals surface area contributed by atoms with Crippen LogP contribution in [0, 0.1) is 11.7 Å². The predicted molar refractivity (Wildman–Crippen MR) is 68.0 cm³/mol. The van der Waals surface area contributed by atoms with E-state index < -0.39 is 0 Å². The van der Waals surface area contributed by atoms with Crippen LogP contribution < -0.4 is 10.6 Å². The van der Waals surface area contributed by atoms with Gasteiger partial charge in [0.1, 0.15) is 5.82 Å². The third kappa shape index (κ3) is 2.12. The average Bonchev–Trinajstić information content (AvgIpc) is 2.39. The first-order valence-electron chi connectivity index (χ1n) is 6.54. The summed E-state index contributed by atoms with van der Waals surface area (Å²) in [6.45, 7) is 1.99. The Morgan fingerprint density at radius 2 is 2.00 bits per heavy atom. The van der Waals surface area contributed by atoms with Crippen LogP contribution in [0.3, 0.4) is 0 Å². The first kappa shape index (κ1) is 11.7. The van der Waals surface area contributed by atoms with Crippen molar-refractivity contribution in [1.82, 2.24) is 5.32 Å². The van der Waals surface area contributed by atoms with Gasteiger partial charge in [0.2, 0.25) is 5.91 Å². The van der Waals surface area contributed by atoms with E-state index in [-0.39, 0.29) is 17.6 Å². The number of anilines is 1. The Morgan fingerprint density at radius 1 is 1.22 bits per heavy atom.